The van der Waals surface area contributed by atoms with E-state index in [2.05, 4.69) is 20.7 Å². The van der Waals surface area contributed by atoms with Gasteiger partial charge in [0.05, 0.1) is 0 Å². The van der Waals surface area contributed by atoms with Crippen molar-refractivity contribution in [1.29, 1.82) is 0 Å². The molecule has 2 saturated carbocycles. The summed E-state index contributed by atoms with van der Waals surface area (Å²) in [6.07, 6.45) is 7.64. The van der Waals surface area contributed by atoms with Crippen LogP contribution in [-0.4, -0.2) is 26.8 Å². The lowest BCUT2D eigenvalue weighted by Crippen LogP contribution is -2.35. The number of carbonyl (C=O) groups excluding carboxylic acids is 1. The lowest BCUT2D eigenvalue weighted by atomic mass is 9.86. The molecular weight excluding hydrogens is 254 g/mol. The van der Waals surface area contributed by atoms with Crippen molar-refractivity contribution in [2.45, 2.75) is 65.0 Å². The molecule has 0 bridgehead atoms. The Morgan fingerprint density at radius 2 is 2.15 bits per heavy atom. The normalized spacial score (nSPS) is 23.6. The van der Waals surface area contributed by atoms with E-state index in [0.717, 1.165) is 6.42 Å². The lowest BCUT2D eigenvalue weighted by molar-refractivity contribution is 0.246. The zero-order chi connectivity index (χ0) is 14.2. The maximum atomic E-state index is 12.1. The van der Waals surface area contributed by atoms with Crippen molar-refractivity contribution in [2.75, 3.05) is 5.32 Å². The van der Waals surface area contributed by atoms with Crippen LogP contribution in [0, 0.1) is 12.3 Å². The highest BCUT2D eigenvalue weighted by atomic mass is 16.2. The number of nitrogens with zero attached hydrogens (tertiary/aromatic N) is 3. The predicted octanol–water partition coefficient (Wildman–Crippen LogP) is 2.45. The average Bonchev–Trinajstić information content (AvgIpc) is 2.92. The first-order valence-electron chi connectivity index (χ1n) is 7.62. The van der Waals surface area contributed by atoms with E-state index in [9.17, 15) is 4.79 Å². The highest BCUT2D eigenvalue weighted by Gasteiger charge is 2.54. The second-order valence-corrected chi connectivity index (χ2v) is 6.08. The van der Waals surface area contributed by atoms with Crippen LogP contribution >= 0.6 is 0 Å². The number of nitrogens with one attached hydrogen (secondary N) is 2. The number of rotatable bonds is 3. The van der Waals surface area contributed by atoms with E-state index in [1.54, 1.807) is 4.68 Å². The lowest BCUT2D eigenvalue weighted by Gasteiger charge is -2.22. The molecule has 0 saturated heterocycles. The van der Waals surface area contributed by atoms with Crippen LogP contribution in [0.25, 0.3) is 0 Å². The van der Waals surface area contributed by atoms with Gasteiger partial charge in [0.25, 0.3) is 0 Å². The molecule has 3 rings (SSSR count). The fourth-order valence-corrected chi connectivity index (χ4v) is 3.42. The zero-order valence-electron chi connectivity index (χ0n) is 12.3. The van der Waals surface area contributed by atoms with Crippen LogP contribution < -0.4 is 10.6 Å². The second-order valence-electron chi connectivity index (χ2n) is 6.08. The first kappa shape index (κ1) is 13.4. The smallest absolute Gasteiger partial charge is 0.321 e. The molecule has 6 nitrogen and oxygen atoms in total. The monoisotopic (exact) mass is 277 g/mol. The first-order chi connectivity index (χ1) is 9.63. The van der Waals surface area contributed by atoms with E-state index in [1.165, 1.54) is 32.1 Å². The molecule has 1 aromatic heterocycles. The molecule has 2 aliphatic rings. The number of hydrogen-bond donors (Lipinski definition) is 2. The summed E-state index contributed by atoms with van der Waals surface area (Å²) in [5.74, 6) is 1.21. The minimum Gasteiger partial charge on any atom is -0.334 e. The molecule has 20 heavy (non-hydrogen) atoms. The Labute approximate surface area is 119 Å². The van der Waals surface area contributed by atoms with Gasteiger partial charge in [-0.05, 0) is 38.5 Å². The fourth-order valence-electron chi connectivity index (χ4n) is 3.42. The van der Waals surface area contributed by atoms with Gasteiger partial charge < -0.3 is 5.32 Å². The average molecular weight is 277 g/mol. The van der Waals surface area contributed by atoms with Crippen LogP contribution in [0.1, 0.15) is 51.3 Å². The van der Waals surface area contributed by atoms with Gasteiger partial charge in [-0.25, -0.2) is 9.48 Å². The van der Waals surface area contributed by atoms with Crippen molar-refractivity contribution in [3.63, 3.8) is 0 Å². The molecule has 2 amide bonds. The van der Waals surface area contributed by atoms with Crippen LogP contribution in [-0.2, 0) is 6.54 Å². The van der Waals surface area contributed by atoms with Gasteiger partial charge in [-0.3, -0.25) is 5.32 Å². The largest absolute Gasteiger partial charge is 0.334 e. The quantitative estimate of drug-likeness (QED) is 0.891. The third kappa shape index (κ3) is 2.51. The number of urea groups is 1. The molecule has 1 spiro atoms. The third-order valence-corrected chi connectivity index (χ3v) is 4.65. The van der Waals surface area contributed by atoms with Crippen molar-refractivity contribution >= 4 is 12.0 Å². The summed E-state index contributed by atoms with van der Waals surface area (Å²) in [5.41, 5.74) is 0.407. The van der Waals surface area contributed by atoms with E-state index in [0.29, 0.717) is 29.8 Å². The maximum absolute atomic E-state index is 12.1. The Kier molecular flexibility index (Phi) is 3.40. The van der Waals surface area contributed by atoms with E-state index in [4.69, 9.17) is 0 Å². The van der Waals surface area contributed by atoms with Gasteiger partial charge in [0, 0.05) is 12.6 Å². The molecular formula is C14H23N5O. The van der Waals surface area contributed by atoms with Gasteiger partial charge in [-0.1, -0.05) is 19.3 Å². The van der Waals surface area contributed by atoms with Crippen LogP contribution in [0.3, 0.4) is 0 Å². The zero-order valence-corrected chi connectivity index (χ0v) is 12.3. The highest BCUT2D eigenvalue weighted by molar-refractivity contribution is 5.88. The summed E-state index contributed by atoms with van der Waals surface area (Å²) in [4.78, 5) is 16.3. The Hall–Kier alpha value is -1.59. The topological polar surface area (TPSA) is 71.8 Å². The molecule has 1 atom stereocenters. The number of carbonyl (C=O) groups is 1. The van der Waals surface area contributed by atoms with Gasteiger partial charge in [-0.15, -0.1) is 0 Å². The van der Waals surface area contributed by atoms with Crippen molar-refractivity contribution in [3.8, 4) is 0 Å². The predicted molar refractivity (Wildman–Crippen MR) is 76.5 cm³/mol. The number of aromatic nitrogens is 3. The molecule has 2 N–H and O–H groups in total. The first-order valence-corrected chi connectivity index (χ1v) is 7.62. The van der Waals surface area contributed by atoms with E-state index >= 15 is 0 Å². The maximum Gasteiger partial charge on any atom is 0.321 e. The van der Waals surface area contributed by atoms with Gasteiger partial charge in [-0.2, -0.15) is 10.1 Å². The number of anilines is 1. The minimum atomic E-state index is -0.153. The van der Waals surface area contributed by atoms with Gasteiger partial charge in [0.15, 0.2) is 0 Å². The summed E-state index contributed by atoms with van der Waals surface area (Å²) < 4.78 is 1.71. The number of aryl methyl sites for hydroxylation is 2. The van der Waals surface area contributed by atoms with E-state index in [-0.39, 0.29) is 6.03 Å². The van der Waals surface area contributed by atoms with Gasteiger partial charge in [0.2, 0.25) is 5.95 Å². The SMILES string of the molecule is CCn1nc(C)nc1NC(=O)NC1CC12CCCCC2. The fraction of sp³-hybridized carbons (Fsp3) is 0.786. The number of amides is 2. The van der Waals surface area contributed by atoms with Gasteiger partial charge in [0.1, 0.15) is 5.82 Å². The van der Waals surface area contributed by atoms with Crippen molar-refractivity contribution in [3.05, 3.63) is 5.82 Å². The third-order valence-electron chi connectivity index (χ3n) is 4.65. The Morgan fingerprint density at radius 3 is 2.85 bits per heavy atom. The summed E-state index contributed by atoms with van der Waals surface area (Å²) in [5, 5.41) is 10.1. The molecule has 0 aliphatic heterocycles. The highest BCUT2D eigenvalue weighted by Crippen LogP contribution is 2.56. The van der Waals surface area contributed by atoms with Crippen molar-refractivity contribution < 1.29 is 4.79 Å². The molecule has 2 aliphatic carbocycles. The Bertz CT molecular complexity index is 504. The van der Waals surface area contributed by atoms with Crippen molar-refractivity contribution in [2.24, 2.45) is 5.41 Å². The molecule has 1 unspecified atom stereocenters. The molecule has 110 valence electrons. The molecule has 0 aromatic carbocycles. The molecule has 6 heteroatoms. The molecule has 0 radical (unpaired) electrons. The summed E-state index contributed by atoms with van der Waals surface area (Å²) in [7, 11) is 0. The van der Waals surface area contributed by atoms with Gasteiger partial charge >= 0.3 is 6.03 Å². The van der Waals surface area contributed by atoms with Crippen LogP contribution in [0.15, 0.2) is 0 Å². The molecule has 1 heterocycles. The van der Waals surface area contributed by atoms with Crippen LogP contribution in [0.4, 0.5) is 10.7 Å². The summed E-state index contributed by atoms with van der Waals surface area (Å²) in [6.45, 7) is 4.51. The van der Waals surface area contributed by atoms with Crippen LogP contribution in [0.2, 0.25) is 0 Å². The summed E-state index contributed by atoms with van der Waals surface area (Å²) in [6, 6.07) is 0.196. The van der Waals surface area contributed by atoms with Crippen molar-refractivity contribution in [1.82, 2.24) is 20.1 Å². The Morgan fingerprint density at radius 1 is 1.40 bits per heavy atom. The minimum absolute atomic E-state index is 0.153. The standard InChI is InChI=1S/C14H23N5O/c1-3-19-12(15-10(2)18-19)17-13(20)16-11-9-14(11)7-5-4-6-8-14/h11H,3-9H2,1-2H3,(H2,15,16,17,18,20). The molecule has 2 fully saturated rings. The second kappa shape index (κ2) is 5.07. The number of hydrogen-bond acceptors (Lipinski definition) is 3. The van der Waals surface area contributed by atoms with E-state index in [1.807, 2.05) is 13.8 Å². The molecule has 1 aromatic rings. The summed E-state index contributed by atoms with van der Waals surface area (Å²) >= 11 is 0. The Balaban J connectivity index is 1.55. The van der Waals surface area contributed by atoms with E-state index < -0.39 is 0 Å². The van der Waals surface area contributed by atoms with Crippen LogP contribution in [0.5, 0.6) is 0 Å².